The van der Waals surface area contributed by atoms with Gasteiger partial charge >= 0.3 is 8.69 Å². The first-order valence-electron chi connectivity index (χ1n) is 12.4. The van der Waals surface area contributed by atoms with Crippen LogP contribution < -0.4 is 5.32 Å². The first-order valence-corrected chi connectivity index (χ1v) is 13.1. The molecule has 39 heavy (non-hydrogen) atoms. The molecule has 0 aromatic heterocycles. The number of nitro benzene ring substituents is 1. The fourth-order valence-corrected chi connectivity index (χ4v) is 4.09. The smallest absolute Gasteiger partial charge is 0.326 e. The first-order chi connectivity index (χ1) is 18.4. The van der Waals surface area contributed by atoms with Crippen molar-refractivity contribution in [2.24, 2.45) is 5.92 Å². The molecule has 1 aliphatic rings. The lowest BCUT2D eigenvalue weighted by Gasteiger charge is -2.20. The van der Waals surface area contributed by atoms with Crippen molar-refractivity contribution in [1.82, 2.24) is 4.90 Å². The van der Waals surface area contributed by atoms with E-state index in [4.69, 9.17) is 4.89 Å². The molecule has 0 unspecified atom stereocenters. The van der Waals surface area contributed by atoms with E-state index < -0.39 is 30.9 Å². The van der Waals surface area contributed by atoms with Gasteiger partial charge in [0, 0.05) is 54.8 Å². The first kappa shape index (κ1) is 31.8. The van der Waals surface area contributed by atoms with Crippen LogP contribution in [0.1, 0.15) is 64.9 Å². The molecule has 1 aromatic rings. The predicted octanol–water partition coefficient (Wildman–Crippen LogP) is 4.37. The highest BCUT2D eigenvalue weighted by atomic mass is 31.1. The maximum Gasteiger partial charge on any atom is 0.361 e. The topological polar surface area (TPSA) is 171 Å². The highest BCUT2D eigenvalue weighted by Crippen LogP contribution is 2.33. The zero-order valence-corrected chi connectivity index (χ0v) is 22.9. The summed E-state index contributed by atoms with van der Waals surface area (Å²) in [5.41, 5.74) is 0.101. The Bertz CT molecular complexity index is 1100. The number of Topliss-reactive ketones (excluding diaryl/α,β-unsaturated/α-hetero) is 1. The predicted molar refractivity (Wildman–Crippen MR) is 138 cm³/mol. The normalized spacial score (nSPS) is 14.2. The average Bonchev–Trinajstić information content (AvgIpc) is 3.19. The van der Waals surface area contributed by atoms with Crippen LogP contribution in [0.5, 0.6) is 0 Å². The average molecular weight is 566 g/mol. The van der Waals surface area contributed by atoms with E-state index in [1.165, 1.54) is 18.2 Å². The third kappa shape index (κ3) is 10.4. The summed E-state index contributed by atoms with van der Waals surface area (Å²) < 4.78 is 14.3. The molecule has 0 spiro atoms. The Labute approximate surface area is 227 Å². The molecule has 1 N–H and O–H groups in total. The van der Waals surface area contributed by atoms with Crippen LogP contribution in [-0.4, -0.2) is 46.5 Å². The van der Waals surface area contributed by atoms with Crippen LogP contribution in [-0.2, 0) is 43.8 Å². The van der Waals surface area contributed by atoms with Gasteiger partial charge in [0.05, 0.1) is 11.5 Å². The molecule has 1 atom stereocenters. The standard InChI is InChI=1S/C25H32N3O10P/c1-25(2,3)20-9-8-18(16-21(20)28(33)34)26-24(32)17(12-14-36-37-38-39-35)15-19(29)7-5-4-6-13-27-22(30)10-11-23(27)31/h8-11,16-17H,4-7,12-15H2,1-3H3,(H,26,32)/t17-/m1/s1. The molecule has 1 aliphatic heterocycles. The molecule has 1 heterocycles. The van der Waals surface area contributed by atoms with Gasteiger partial charge in [0.1, 0.15) is 5.78 Å². The lowest BCUT2D eigenvalue weighted by atomic mass is 9.85. The van der Waals surface area contributed by atoms with Crippen LogP contribution in [0.4, 0.5) is 11.4 Å². The van der Waals surface area contributed by atoms with Crippen molar-refractivity contribution in [2.75, 3.05) is 18.5 Å². The third-order valence-corrected chi connectivity index (χ3v) is 6.13. The summed E-state index contributed by atoms with van der Waals surface area (Å²) in [6.45, 7) is 5.64. The van der Waals surface area contributed by atoms with Crippen molar-refractivity contribution < 1.29 is 43.3 Å². The minimum Gasteiger partial charge on any atom is -0.326 e. The van der Waals surface area contributed by atoms with E-state index in [0.29, 0.717) is 24.8 Å². The zero-order chi connectivity index (χ0) is 29.0. The number of rotatable bonds is 17. The number of hydrogen-bond acceptors (Lipinski definition) is 10. The van der Waals surface area contributed by atoms with E-state index >= 15 is 0 Å². The molecule has 0 bridgehead atoms. The fourth-order valence-electron chi connectivity index (χ4n) is 4.02. The molecule has 2 rings (SSSR count). The Morgan fingerprint density at radius 3 is 2.44 bits per heavy atom. The van der Waals surface area contributed by atoms with Gasteiger partial charge in [-0.15, -0.1) is 4.67 Å². The quantitative estimate of drug-likeness (QED) is 0.0714. The number of unbranched alkanes of at least 4 members (excludes halogenated alkanes) is 2. The van der Waals surface area contributed by atoms with Gasteiger partial charge in [-0.05, 0) is 36.8 Å². The van der Waals surface area contributed by atoms with E-state index in [-0.39, 0.29) is 61.4 Å². The maximum atomic E-state index is 13.0. The van der Waals surface area contributed by atoms with Gasteiger partial charge in [-0.25, -0.2) is 9.45 Å². The van der Waals surface area contributed by atoms with E-state index in [1.54, 1.807) is 12.1 Å². The monoisotopic (exact) mass is 565 g/mol. The van der Waals surface area contributed by atoms with Crippen molar-refractivity contribution in [3.05, 3.63) is 46.0 Å². The molecular formula is C25H32N3O10P. The van der Waals surface area contributed by atoms with E-state index in [1.807, 2.05) is 20.8 Å². The number of carbonyl (C=O) groups is 4. The van der Waals surface area contributed by atoms with Crippen LogP contribution in [0.25, 0.3) is 0 Å². The Hall–Kier alpha value is -3.38. The number of nitrogens with zero attached hydrogens (tertiary/aromatic N) is 2. The summed E-state index contributed by atoms with van der Waals surface area (Å²) >= 11 is 0. The molecule has 0 radical (unpaired) electrons. The molecule has 0 fully saturated rings. The van der Waals surface area contributed by atoms with Crippen LogP contribution in [0.15, 0.2) is 30.4 Å². The lowest BCUT2D eigenvalue weighted by molar-refractivity contribution is -0.463. The van der Waals surface area contributed by atoms with Gasteiger partial charge in [-0.1, -0.05) is 32.2 Å². The van der Waals surface area contributed by atoms with Crippen LogP contribution in [0.3, 0.4) is 0 Å². The van der Waals surface area contributed by atoms with Gasteiger partial charge in [0.15, 0.2) is 0 Å². The van der Waals surface area contributed by atoms with Crippen molar-refractivity contribution in [3.63, 3.8) is 0 Å². The Balaban J connectivity index is 1.96. The summed E-state index contributed by atoms with van der Waals surface area (Å²) in [5.74, 6) is -2.27. The molecule has 13 nitrogen and oxygen atoms in total. The van der Waals surface area contributed by atoms with Crippen molar-refractivity contribution in [2.45, 2.75) is 64.7 Å². The maximum absolute atomic E-state index is 13.0. The second kappa shape index (κ2) is 15.3. The minimum atomic E-state index is -0.849. The number of nitro groups is 1. The molecule has 212 valence electrons. The van der Waals surface area contributed by atoms with Crippen molar-refractivity contribution >= 4 is 43.6 Å². The number of anilines is 1. The van der Waals surface area contributed by atoms with Crippen molar-refractivity contribution in [1.29, 1.82) is 0 Å². The van der Waals surface area contributed by atoms with Crippen LogP contribution in [0, 0.1) is 16.0 Å². The summed E-state index contributed by atoms with van der Waals surface area (Å²) in [7, 11) is -0.763. The largest absolute Gasteiger partial charge is 0.361 e. The highest BCUT2D eigenvalue weighted by Gasteiger charge is 2.27. The molecule has 0 saturated heterocycles. The van der Waals surface area contributed by atoms with Crippen molar-refractivity contribution in [3.8, 4) is 0 Å². The zero-order valence-electron chi connectivity index (χ0n) is 22.0. The Morgan fingerprint density at radius 2 is 1.82 bits per heavy atom. The van der Waals surface area contributed by atoms with Gasteiger partial charge in [0.25, 0.3) is 17.5 Å². The van der Waals surface area contributed by atoms with Gasteiger partial charge in [-0.3, -0.25) is 34.2 Å². The van der Waals surface area contributed by atoms with Gasteiger partial charge in [-0.2, -0.15) is 0 Å². The van der Waals surface area contributed by atoms with E-state index in [2.05, 4.69) is 15.0 Å². The van der Waals surface area contributed by atoms with Crippen LogP contribution in [0.2, 0.25) is 0 Å². The number of imide groups is 1. The minimum absolute atomic E-state index is 0.0467. The summed E-state index contributed by atoms with van der Waals surface area (Å²) in [6, 6.07) is 4.43. The van der Waals surface area contributed by atoms with Gasteiger partial charge < -0.3 is 5.32 Å². The van der Waals surface area contributed by atoms with E-state index in [9.17, 15) is 33.9 Å². The summed E-state index contributed by atoms with van der Waals surface area (Å²) in [5, 5.41) is 18.5. The number of benzene rings is 1. The molecule has 3 amide bonds. The SMILES string of the molecule is CC(C)(C)c1ccc(NC(=O)[C@H](CCOOOP=O)CC(=O)CCCCCN2C(=O)C=CC2=O)cc1[N+](=O)[O-]. The number of carbonyl (C=O) groups excluding carboxylic acids is 4. The second-order valence-corrected chi connectivity index (χ2v) is 10.3. The molecule has 14 heteroatoms. The number of hydrogen-bond donors (Lipinski definition) is 1. The van der Waals surface area contributed by atoms with Gasteiger partial charge in [0.2, 0.25) is 5.91 Å². The number of amides is 3. The Kier molecular flexibility index (Phi) is 12.5. The summed E-state index contributed by atoms with van der Waals surface area (Å²) in [6.07, 6.45) is 4.20. The van der Waals surface area contributed by atoms with E-state index in [0.717, 1.165) is 4.90 Å². The Morgan fingerprint density at radius 1 is 1.13 bits per heavy atom. The summed E-state index contributed by atoms with van der Waals surface area (Å²) in [4.78, 5) is 65.8. The van der Waals surface area contributed by atoms with Crippen LogP contribution >= 0.6 is 8.69 Å². The lowest BCUT2D eigenvalue weighted by Crippen LogP contribution is -2.30. The molecule has 1 aromatic carbocycles. The molecule has 0 saturated carbocycles. The fraction of sp³-hybridized carbons (Fsp3) is 0.520. The second-order valence-electron chi connectivity index (χ2n) is 9.97. The highest BCUT2D eigenvalue weighted by molar-refractivity contribution is 7.17. The molecular weight excluding hydrogens is 533 g/mol. The number of nitrogens with one attached hydrogen (secondary N) is 1. The molecule has 0 aliphatic carbocycles. The third-order valence-electron chi connectivity index (χ3n) is 6.01. The number of ketones is 1.